The molecule has 18 heteroatoms. The Morgan fingerprint density at radius 3 is 2.35 bits per heavy atom. The lowest BCUT2D eigenvalue weighted by atomic mass is 9.93. The highest BCUT2D eigenvalue weighted by Gasteiger charge is 2.33. The Hall–Kier alpha value is -7.28. The van der Waals surface area contributed by atoms with Gasteiger partial charge in [0.25, 0.3) is 5.91 Å². The first kappa shape index (κ1) is 51.8. The van der Waals surface area contributed by atoms with Crippen molar-refractivity contribution in [3.05, 3.63) is 119 Å². The first-order chi connectivity index (χ1) is 37.2. The van der Waals surface area contributed by atoms with Gasteiger partial charge in [-0.1, -0.05) is 41.7 Å². The van der Waals surface area contributed by atoms with E-state index in [9.17, 15) is 19.2 Å². The average molecular weight is 1060 g/mol. The molecule has 1 saturated carbocycles. The number of rotatable bonds is 14. The quantitative estimate of drug-likeness (QED) is 0.0597. The number of thiazole rings is 1. The number of para-hydroxylation sites is 1. The number of esters is 1. The van der Waals surface area contributed by atoms with E-state index in [1.807, 2.05) is 114 Å². The molecule has 4 aromatic heterocycles. The first-order valence-electron chi connectivity index (χ1n) is 27.0. The molecule has 2 saturated heterocycles. The second-order valence-corrected chi connectivity index (χ2v) is 22.8. The molecule has 7 heterocycles. The molecule has 0 radical (unpaired) electrons. The van der Waals surface area contributed by atoms with Crippen molar-refractivity contribution in [3.8, 4) is 16.9 Å². The topological polar surface area (TPSA) is 186 Å². The molecule has 2 N–H and O–H groups in total. The van der Waals surface area contributed by atoms with Gasteiger partial charge in [-0.25, -0.2) is 19.7 Å². The molecule has 3 aromatic carbocycles. The molecule has 4 aliphatic rings. The Bertz CT molecular complexity index is 3340. The molecular formula is C59H66N10O7S. The third-order valence-corrected chi connectivity index (χ3v) is 16.1. The van der Waals surface area contributed by atoms with Crippen LogP contribution in [0, 0.1) is 6.92 Å². The van der Waals surface area contributed by atoms with Crippen molar-refractivity contribution < 1.29 is 33.4 Å². The lowest BCUT2D eigenvalue weighted by molar-refractivity contribution is -0.134. The summed E-state index contributed by atoms with van der Waals surface area (Å²) in [5.41, 5.74) is 6.91. The first-order valence-corrected chi connectivity index (χ1v) is 27.8. The van der Waals surface area contributed by atoms with Crippen LogP contribution in [0.1, 0.15) is 115 Å². The summed E-state index contributed by atoms with van der Waals surface area (Å²) in [4.78, 5) is 73.6. The van der Waals surface area contributed by atoms with Crippen molar-refractivity contribution in [3.63, 3.8) is 0 Å². The number of nitrogens with zero attached hydrogens (tertiary/aromatic N) is 8. The van der Waals surface area contributed by atoms with Crippen LogP contribution < -0.4 is 25.2 Å². The summed E-state index contributed by atoms with van der Waals surface area (Å²) in [6.45, 7) is 14.0. The zero-order valence-electron chi connectivity index (χ0n) is 44.5. The van der Waals surface area contributed by atoms with E-state index in [4.69, 9.17) is 24.2 Å². The van der Waals surface area contributed by atoms with Gasteiger partial charge in [0.1, 0.15) is 23.0 Å². The van der Waals surface area contributed by atoms with Gasteiger partial charge < -0.3 is 24.0 Å². The molecule has 3 aliphatic heterocycles. The lowest BCUT2D eigenvalue weighted by Crippen LogP contribution is -2.47. The second-order valence-electron chi connectivity index (χ2n) is 21.7. The normalized spacial score (nSPS) is 19.3. The van der Waals surface area contributed by atoms with E-state index in [1.54, 1.807) is 4.68 Å². The van der Waals surface area contributed by atoms with Crippen molar-refractivity contribution >= 4 is 73.0 Å². The largest absolute Gasteiger partial charge is 0.490 e. The molecule has 17 nitrogen and oxygen atoms in total. The number of aromatic nitrogens is 5. The van der Waals surface area contributed by atoms with Gasteiger partial charge in [0, 0.05) is 82.4 Å². The minimum atomic E-state index is -0.732. The highest BCUT2D eigenvalue weighted by Crippen LogP contribution is 2.36. The smallest absolute Gasteiger partial charge is 0.358 e. The summed E-state index contributed by atoms with van der Waals surface area (Å²) < 4.78 is 21.7. The number of piperidine rings is 1. The Morgan fingerprint density at radius 2 is 1.57 bits per heavy atom. The minimum Gasteiger partial charge on any atom is -0.490 e. The minimum absolute atomic E-state index is 0.0869. The number of benzene rings is 3. The van der Waals surface area contributed by atoms with E-state index in [-0.39, 0.29) is 35.6 Å². The van der Waals surface area contributed by atoms with E-state index in [0.717, 1.165) is 127 Å². The molecule has 3 amide bonds. The molecule has 0 spiro atoms. The number of ether oxygens (including phenoxy) is 3. The lowest BCUT2D eigenvalue weighted by Gasteiger charge is -2.35. The summed E-state index contributed by atoms with van der Waals surface area (Å²) in [7, 11) is 1.85. The van der Waals surface area contributed by atoms with Gasteiger partial charge in [-0.2, -0.15) is 5.10 Å². The van der Waals surface area contributed by atoms with E-state index in [1.165, 1.54) is 11.3 Å². The molecule has 11 rings (SSSR count). The van der Waals surface area contributed by atoms with Crippen molar-refractivity contribution in [2.24, 2.45) is 7.05 Å². The summed E-state index contributed by atoms with van der Waals surface area (Å²) >= 11 is 1.45. The van der Waals surface area contributed by atoms with Crippen LogP contribution >= 0.6 is 11.3 Å². The number of hydrogen-bond acceptors (Lipinski definition) is 15. The molecule has 1 atom stereocenters. The van der Waals surface area contributed by atoms with Crippen molar-refractivity contribution in [1.82, 2.24) is 34.9 Å². The molecule has 3 fully saturated rings. The van der Waals surface area contributed by atoms with Gasteiger partial charge in [-0.3, -0.25) is 34.6 Å². The van der Waals surface area contributed by atoms with E-state index >= 15 is 0 Å². The van der Waals surface area contributed by atoms with Crippen LogP contribution in [0.25, 0.3) is 32.4 Å². The number of nitrogens with one attached hydrogen (secondary N) is 2. The number of carbonyl (C=O) groups is 4. The number of piperazine rings is 1. The van der Waals surface area contributed by atoms with Gasteiger partial charge >= 0.3 is 5.97 Å². The number of anilines is 3. The Labute approximate surface area is 452 Å². The van der Waals surface area contributed by atoms with Crippen LogP contribution in [0.5, 0.6) is 5.75 Å². The number of carbonyl (C=O) groups excluding carboxylic acids is 4. The van der Waals surface area contributed by atoms with E-state index in [0.29, 0.717) is 60.1 Å². The number of aryl methyl sites for hydroxylation is 2. The molecule has 77 heavy (non-hydrogen) atoms. The molecule has 1 unspecified atom stereocenters. The maximum atomic E-state index is 14.0. The number of pyridine rings is 2. The molecular weight excluding hydrogens is 993 g/mol. The van der Waals surface area contributed by atoms with Crippen LogP contribution in [-0.4, -0.2) is 117 Å². The third-order valence-electron chi connectivity index (χ3n) is 15.2. The summed E-state index contributed by atoms with van der Waals surface area (Å²) in [5, 5.41) is 11.5. The standard InChI is InChI=1S/C59H66N10O7S/c1-36-34-40(75-39-16-14-38(15-17-39)74-33-9-27-67-29-31-68(32-30-67)50-24-21-44-52(65-66(5)54(44)62-50)45-22-25-51(70)63-56(45)72)18-19-41(36)42-20-23-49(61-53(42)57(73)76-59(2,3)4)69-28-26-37-10-8-11-43(46(37)35-69)55(71)64-58-60-47-12-6-7-13-48(47)77-58/h6-8,10-13,18-21,23-24,34,38-39,45H,9,14-17,22,25-33,35H2,1-5H3,(H,60,64,71)(H,63,70,72). The fourth-order valence-electron chi connectivity index (χ4n) is 11.2. The summed E-state index contributed by atoms with van der Waals surface area (Å²) in [5.74, 6) is 0.645. The highest BCUT2D eigenvalue weighted by molar-refractivity contribution is 7.22. The van der Waals surface area contributed by atoms with Gasteiger partial charge in [0.2, 0.25) is 11.8 Å². The maximum absolute atomic E-state index is 14.0. The third kappa shape index (κ3) is 11.6. The zero-order valence-corrected chi connectivity index (χ0v) is 45.3. The highest BCUT2D eigenvalue weighted by atomic mass is 32.1. The van der Waals surface area contributed by atoms with E-state index < -0.39 is 17.5 Å². The molecule has 0 bridgehead atoms. The van der Waals surface area contributed by atoms with Gasteiger partial charge in [0.05, 0.1) is 34.0 Å². The van der Waals surface area contributed by atoms with Crippen LogP contribution in [0.2, 0.25) is 0 Å². The fraction of sp³-hybridized carbons (Fsp3) is 0.424. The number of hydrogen-bond donors (Lipinski definition) is 2. The Balaban J connectivity index is 0.661. The number of imide groups is 1. The average Bonchev–Trinajstić information content (AvgIpc) is 4.03. The molecule has 400 valence electrons. The Morgan fingerprint density at radius 1 is 0.805 bits per heavy atom. The maximum Gasteiger partial charge on any atom is 0.358 e. The van der Waals surface area contributed by atoms with Gasteiger partial charge in [-0.05, 0) is 149 Å². The Kier molecular flexibility index (Phi) is 14.8. The molecule has 7 aromatic rings. The predicted octanol–water partition coefficient (Wildman–Crippen LogP) is 9.16. The van der Waals surface area contributed by atoms with Crippen molar-refractivity contribution in [2.45, 2.75) is 109 Å². The van der Waals surface area contributed by atoms with E-state index in [2.05, 4.69) is 41.5 Å². The fourth-order valence-corrected chi connectivity index (χ4v) is 12.1. The number of amides is 3. The molecule has 1 aliphatic carbocycles. The predicted molar refractivity (Wildman–Crippen MR) is 298 cm³/mol. The van der Waals surface area contributed by atoms with Crippen LogP contribution in [0.3, 0.4) is 0 Å². The van der Waals surface area contributed by atoms with Crippen LogP contribution in [0.4, 0.5) is 16.8 Å². The van der Waals surface area contributed by atoms with Crippen LogP contribution in [0.15, 0.2) is 84.9 Å². The monoisotopic (exact) mass is 1060 g/mol. The number of fused-ring (bicyclic) bond motifs is 3. The summed E-state index contributed by atoms with van der Waals surface area (Å²) in [6, 6.07) is 27.7. The SMILES string of the molecule is Cc1cc(OC2CCC(OCCCN3CCN(c4ccc5c(C6CCC(=O)NC6=O)nn(C)c5n4)CC3)CC2)ccc1-c1ccc(N2CCc3cccc(C(=O)Nc4nc5ccccc5s4)c3C2)nc1C(=O)OC(C)(C)C. The van der Waals surface area contributed by atoms with Gasteiger partial charge in [0.15, 0.2) is 16.5 Å². The zero-order chi connectivity index (χ0) is 53.4. The van der Waals surface area contributed by atoms with Crippen molar-refractivity contribution in [2.75, 3.05) is 61.0 Å². The van der Waals surface area contributed by atoms with Crippen LogP contribution in [-0.2, 0) is 39.1 Å². The second kappa shape index (κ2) is 22.0. The van der Waals surface area contributed by atoms with Crippen molar-refractivity contribution in [1.29, 1.82) is 0 Å². The summed E-state index contributed by atoms with van der Waals surface area (Å²) in [6.07, 6.45) is 6.47. The van der Waals surface area contributed by atoms with Gasteiger partial charge in [-0.15, -0.1) is 0 Å².